The second kappa shape index (κ2) is 11.7. The molecule has 0 bridgehead atoms. The quantitative estimate of drug-likeness (QED) is 0.300. The Kier molecular flexibility index (Phi) is 8.04. The number of aromatic nitrogens is 1. The number of nitrogens with one attached hydrogen (secondary N) is 1. The minimum Gasteiger partial charge on any atom is -0.497 e. The second-order valence-corrected chi connectivity index (χ2v) is 11.4. The van der Waals surface area contributed by atoms with Crippen LogP contribution in [0.4, 0.5) is 5.69 Å². The van der Waals surface area contributed by atoms with Gasteiger partial charge in [0.15, 0.2) is 4.80 Å². The van der Waals surface area contributed by atoms with Gasteiger partial charge in [0.2, 0.25) is 0 Å². The number of benzene rings is 3. The molecule has 1 aromatic heterocycles. The standard InChI is InChI=1S/C31H28BrN3O4S/c1-18(2)39-25-15-12-22(32)16-21(25)17-26-30(37)35-28(20-10-13-24(38-4)14-11-20)27(19(3)33-31(35)40-26)29(36)34-23-8-6-5-7-9-23/h5-18,28H,1-4H3,(H,34,36)/b26-17-/t28-/m0/s1. The summed E-state index contributed by atoms with van der Waals surface area (Å²) >= 11 is 4.81. The van der Waals surface area contributed by atoms with Crippen LogP contribution in [0.2, 0.25) is 0 Å². The molecule has 0 unspecified atom stereocenters. The Morgan fingerprint density at radius 2 is 1.82 bits per heavy atom. The van der Waals surface area contributed by atoms with E-state index in [0.717, 1.165) is 15.6 Å². The van der Waals surface area contributed by atoms with Crippen molar-refractivity contribution in [3.63, 3.8) is 0 Å². The molecule has 1 amide bonds. The number of nitrogens with zero attached hydrogens (tertiary/aromatic N) is 2. The van der Waals surface area contributed by atoms with Gasteiger partial charge in [-0.1, -0.05) is 57.6 Å². The van der Waals surface area contributed by atoms with Gasteiger partial charge in [-0.25, -0.2) is 4.99 Å². The van der Waals surface area contributed by atoms with Crippen molar-refractivity contribution < 1.29 is 14.3 Å². The number of ether oxygens (including phenoxy) is 2. The molecule has 4 aromatic rings. The highest BCUT2D eigenvalue weighted by Crippen LogP contribution is 2.32. The van der Waals surface area contributed by atoms with Gasteiger partial charge >= 0.3 is 0 Å². The van der Waals surface area contributed by atoms with Gasteiger partial charge in [0, 0.05) is 15.7 Å². The summed E-state index contributed by atoms with van der Waals surface area (Å²) in [5.74, 6) is 1.04. The van der Waals surface area contributed by atoms with Crippen molar-refractivity contribution in [1.29, 1.82) is 0 Å². The first-order valence-corrected chi connectivity index (χ1v) is 14.3. The van der Waals surface area contributed by atoms with Gasteiger partial charge in [-0.3, -0.25) is 14.2 Å². The fourth-order valence-corrected chi connectivity index (χ4v) is 5.98. The lowest BCUT2D eigenvalue weighted by Crippen LogP contribution is -2.40. The molecule has 3 aromatic carbocycles. The number of carbonyl (C=O) groups excluding carboxylic acids is 1. The number of anilines is 1. The Morgan fingerprint density at radius 1 is 1.10 bits per heavy atom. The van der Waals surface area contributed by atoms with Crippen molar-refractivity contribution in [2.24, 2.45) is 4.99 Å². The Balaban J connectivity index is 1.68. The number of carbonyl (C=O) groups is 1. The normalized spacial score (nSPS) is 15.1. The maximum absolute atomic E-state index is 14.0. The maximum atomic E-state index is 14.0. The topological polar surface area (TPSA) is 81.9 Å². The van der Waals surface area contributed by atoms with Crippen LogP contribution in [-0.2, 0) is 4.79 Å². The van der Waals surface area contributed by atoms with Gasteiger partial charge in [0.1, 0.15) is 11.5 Å². The largest absolute Gasteiger partial charge is 0.497 e. The third-order valence-corrected chi connectivity index (χ3v) is 7.83. The smallest absolute Gasteiger partial charge is 0.271 e. The molecule has 1 aliphatic rings. The average Bonchev–Trinajstić information content (AvgIpc) is 3.23. The maximum Gasteiger partial charge on any atom is 0.271 e. The SMILES string of the molecule is COc1ccc([C@H]2C(C(=O)Nc3ccccc3)=C(C)N=c3s/c(=C\c4cc(Br)ccc4OC(C)C)c(=O)n32)cc1. The van der Waals surface area contributed by atoms with Crippen LogP contribution in [0.1, 0.15) is 37.9 Å². The molecule has 0 saturated heterocycles. The molecule has 7 nitrogen and oxygen atoms in total. The van der Waals surface area contributed by atoms with Gasteiger partial charge in [0.25, 0.3) is 11.5 Å². The lowest BCUT2D eigenvalue weighted by atomic mass is 9.95. The number of amides is 1. The van der Waals surface area contributed by atoms with Crippen LogP contribution in [0.25, 0.3) is 6.08 Å². The summed E-state index contributed by atoms with van der Waals surface area (Å²) in [5.41, 5.74) is 2.91. The Hall–Kier alpha value is -3.95. The van der Waals surface area contributed by atoms with Crippen LogP contribution in [0.5, 0.6) is 11.5 Å². The van der Waals surface area contributed by atoms with E-state index in [9.17, 15) is 9.59 Å². The van der Waals surface area contributed by atoms with E-state index in [2.05, 4.69) is 21.2 Å². The van der Waals surface area contributed by atoms with Gasteiger partial charge < -0.3 is 14.8 Å². The summed E-state index contributed by atoms with van der Waals surface area (Å²) in [6.45, 7) is 5.72. The summed E-state index contributed by atoms with van der Waals surface area (Å²) in [5, 5.41) is 2.97. The number of hydrogen-bond donors (Lipinski definition) is 1. The highest BCUT2D eigenvalue weighted by Gasteiger charge is 2.32. The lowest BCUT2D eigenvalue weighted by molar-refractivity contribution is -0.113. The molecule has 2 heterocycles. The van der Waals surface area contributed by atoms with Gasteiger partial charge in [-0.2, -0.15) is 0 Å². The fraction of sp³-hybridized carbons (Fsp3) is 0.194. The summed E-state index contributed by atoms with van der Waals surface area (Å²) in [6, 6.07) is 21.6. The second-order valence-electron chi connectivity index (χ2n) is 9.52. The Labute approximate surface area is 244 Å². The Bertz CT molecular complexity index is 1770. The summed E-state index contributed by atoms with van der Waals surface area (Å²) in [6.07, 6.45) is 1.79. The molecule has 40 heavy (non-hydrogen) atoms. The molecule has 0 radical (unpaired) electrons. The third-order valence-electron chi connectivity index (χ3n) is 6.35. The Morgan fingerprint density at radius 3 is 2.50 bits per heavy atom. The molecule has 5 rings (SSSR count). The van der Waals surface area contributed by atoms with Crippen molar-refractivity contribution >= 4 is 44.9 Å². The molecular weight excluding hydrogens is 590 g/mol. The highest BCUT2D eigenvalue weighted by molar-refractivity contribution is 9.10. The van der Waals surface area contributed by atoms with Crippen LogP contribution < -0.4 is 29.7 Å². The van der Waals surface area contributed by atoms with E-state index >= 15 is 0 Å². The summed E-state index contributed by atoms with van der Waals surface area (Å²) in [7, 11) is 1.60. The van der Waals surface area contributed by atoms with Crippen molar-refractivity contribution in [3.8, 4) is 11.5 Å². The van der Waals surface area contributed by atoms with Gasteiger partial charge in [-0.05, 0) is 74.9 Å². The van der Waals surface area contributed by atoms with E-state index < -0.39 is 6.04 Å². The first kappa shape index (κ1) is 27.6. The zero-order chi connectivity index (χ0) is 28.4. The number of halogens is 1. The predicted molar refractivity (Wildman–Crippen MR) is 162 cm³/mol. The molecule has 0 aliphatic carbocycles. The van der Waals surface area contributed by atoms with E-state index in [0.29, 0.717) is 37.8 Å². The fourth-order valence-electron chi connectivity index (χ4n) is 4.57. The van der Waals surface area contributed by atoms with Crippen molar-refractivity contribution in [1.82, 2.24) is 4.57 Å². The predicted octanol–water partition coefficient (Wildman–Crippen LogP) is 5.43. The minimum absolute atomic E-state index is 0.0297. The molecule has 0 fully saturated rings. The molecule has 1 N–H and O–H groups in total. The number of fused-ring (bicyclic) bond motifs is 1. The first-order valence-electron chi connectivity index (χ1n) is 12.7. The molecule has 0 saturated carbocycles. The van der Waals surface area contributed by atoms with E-state index in [1.807, 2.05) is 92.7 Å². The van der Waals surface area contributed by atoms with Crippen molar-refractivity contribution in [2.45, 2.75) is 32.9 Å². The number of allylic oxidation sites excluding steroid dienone is 1. The molecule has 1 aliphatic heterocycles. The summed E-state index contributed by atoms with van der Waals surface area (Å²) in [4.78, 5) is 33.0. The average molecular weight is 619 g/mol. The van der Waals surface area contributed by atoms with Crippen LogP contribution in [0.3, 0.4) is 0 Å². The van der Waals surface area contributed by atoms with E-state index in [1.54, 1.807) is 18.6 Å². The number of rotatable bonds is 7. The molecule has 9 heteroatoms. The number of methoxy groups -OCH3 is 1. The van der Waals surface area contributed by atoms with Gasteiger partial charge in [0.05, 0.1) is 35.1 Å². The van der Waals surface area contributed by atoms with E-state index in [1.165, 1.54) is 11.3 Å². The lowest BCUT2D eigenvalue weighted by Gasteiger charge is -2.25. The zero-order valence-electron chi connectivity index (χ0n) is 22.5. The minimum atomic E-state index is -0.679. The van der Waals surface area contributed by atoms with E-state index in [-0.39, 0.29) is 17.6 Å². The highest BCUT2D eigenvalue weighted by atomic mass is 79.9. The zero-order valence-corrected chi connectivity index (χ0v) is 24.9. The summed E-state index contributed by atoms with van der Waals surface area (Å²) < 4.78 is 14.3. The number of para-hydroxylation sites is 1. The molecular formula is C31H28BrN3O4S. The van der Waals surface area contributed by atoms with Crippen LogP contribution in [0, 0.1) is 0 Å². The van der Waals surface area contributed by atoms with Crippen molar-refractivity contribution in [3.05, 3.63) is 119 Å². The first-order chi connectivity index (χ1) is 19.2. The van der Waals surface area contributed by atoms with Crippen LogP contribution >= 0.6 is 27.3 Å². The molecule has 1 atom stereocenters. The van der Waals surface area contributed by atoms with Gasteiger partial charge in [-0.15, -0.1) is 0 Å². The van der Waals surface area contributed by atoms with E-state index in [4.69, 9.17) is 14.5 Å². The number of thiazole rings is 1. The molecule has 204 valence electrons. The number of hydrogen-bond acceptors (Lipinski definition) is 6. The monoisotopic (exact) mass is 617 g/mol. The van der Waals surface area contributed by atoms with Crippen molar-refractivity contribution in [2.75, 3.05) is 12.4 Å². The third kappa shape index (κ3) is 5.66. The van der Waals surface area contributed by atoms with Crippen LogP contribution in [-0.4, -0.2) is 23.7 Å². The van der Waals surface area contributed by atoms with Crippen LogP contribution in [0.15, 0.2) is 98.3 Å². The molecule has 0 spiro atoms.